The highest BCUT2D eigenvalue weighted by atomic mass is 35.5. The molecule has 0 spiro atoms. The minimum absolute atomic E-state index is 0. The number of hydrogen-bond acceptors (Lipinski definition) is 2. The first-order chi connectivity index (χ1) is 8.42. The Labute approximate surface area is 114 Å². The second kappa shape index (κ2) is 5.96. The molecule has 7 heteroatoms. The van der Waals surface area contributed by atoms with E-state index in [4.69, 9.17) is 5.73 Å². The van der Waals surface area contributed by atoms with Gasteiger partial charge in [0, 0.05) is 11.6 Å². The van der Waals surface area contributed by atoms with Crippen LogP contribution in [0.4, 0.5) is 17.6 Å². The van der Waals surface area contributed by atoms with E-state index in [-0.39, 0.29) is 24.1 Å². The van der Waals surface area contributed by atoms with Gasteiger partial charge in [-0.25, -0.2) is 0 Å². The molecule has 0 bridgehead atoms. The molecule has 0 aromatic heterocycles. The molecule has 1 aliphatic rings. The highest BCUT2D eigenvalue weighted by Crippen LogP contribution is 2.43. The lowest BCUT2D eigenvalue weighted by molar-refractivity contribution is -0.253. The summed E-state index contributed by atoms with van der Waals surface area (Å²) >= 11 is 0. The lowest BCUT2D eigenvalue weighted by atomic mass is 10.0. The van der Waals surface area contributed by atoms with Gasteiger partial charge in [0.1, 0.15) is 5.75 Å². The second-order valence-electron chi connectivity index (χ2n) is 4.37. The smallest absolute Gasteiger partial charge is 0.428 e. The van der Waals surface area contributed by atoms with Crippen molar-refractivity contribution in [1.82, 2.24) is 0 Å². The fourth-order valence-electron chi connectivity index (χ4n) is 1.75. The maximum Gasteiger partial charge on any atom is 0.461 e. The zero-order valence-electron chi connectivity index (χ0n) is 9.86. The van der Waals surface area contributed by atoms with Crippen LogP contribution in [0.3, 0.4) is 0 Å². The molecule has 2 rings (SSSR count). The number of benzene rings is 1. The molecule has 1 aromatic rings. The SMILES string of the molecule is Cl.N[C@@H](c1ccccc1OC(F)(F)C(F)F)C1CC1. The van der Waals surface area contributed by atoms with E-state index in [1.165, 1.54) is 18.2 Å². The normalized spacial score (nSPS) is 16.9. The van der Waals surface area contributed by atoms with Crippen LogP contribution in [0.15, 0.2) is 24.3 Å². The molecule has 108 valence electrons. The Kier molecular flexibility index (Phi) is 5.04. The van der Waals surface area contributed by atoms with Gasteiger partial charge in [0.25, 0.3) is 0 Å². The molecule has 0 radical (unpaired) electrons. The molecule has 1 atom stereocenters. The van der Waals surface area contributed by atoms with Crippen LogP contribution >= 0.6 is 12.4 Å². The van der Waals surface area contributed by atoms with Crippen molar-refractivity contribution in [2.45, 2.75) is 31.4 Å². The van der Waals surface area contributed by atoms with Crippen molar-refractivity contribution in [3.63, 3.8) is 0 Å². The number of nitrogens with two attached hydrogens (primary N) is 1. The molecule has 2 nitrogen and oxygen atoms in total. The van der Waals surface area contributed by atoms with Crippen molar-refractivity contribution in [3.8, 4) is 5.75 Å². The van der Waals surface area contributed by atoms with Crippen molar-refractivity contribution >= 4 is 12.4 Å². The summed E-state index contributed by atoms with van der Waals surface area (Å²) in [6.07, 6.45) is -6.54. The third-order valence-electron chi connectivity index (χ3n) is 2.91. The van der Waals surface area contributed by atoms with Gasteiger partial charge in [0.05, 0.1) is 0 Å². The van der Waals surface area contributed by atoms with Crippen molar-refractivity contribution in [3.05, 3.63) is 29.8 Å². The Balaban J connectivity index is 0.00000180. The van der Waals surface area contributed by atoms with Crippen LogP contribution in [0.2, 0.25) is 0 Å². The van der Waals surface area contributed by atoms with E-state index in [0.29, 0.717) is 5.56 Å². The van der Waals surface area contributed by atoms with Crippen LogP contribution in [0, 0.1) is 5.92 Å². The van der Waals surface area contributed by atoms with E-state index in [1.807, 2.05) is 0 Å². The van der Waals surface area contributed by atoms with Crippen LogP contribution in [-0.2, 0) is 0 Å². The van der Waals surface area contributed by atoms with Gasteiger partial charge >= 0.3 is 12.5 Å². The third kappa shape index (κ3) is 3.73. The van der Waals surface area contributed by atoms with Gasteiger partial charge in [-0.3, -0.25) is 0 Å². The molecule has 0 saturated heterocycles. The summed E-state index contributed by atoms with van der Waals surface area (Å²) in [7, 11) is 0. The quantitative estimate of drug-likeness (QED) is 0.840. The first kappa shape index (κ1) is 16.0. The summed E-state index contributed by atoms with van der Waals surface area (Å²) in [5.74, 6) is -0.0582. The standard InChI is InChI=1S/C12H13F4NO.ClH/c13-11(14)12(15,16)18-9-4-2-1-3-8(9)10(17)7-5-6-7;/h1-4,7,10-11H,5-6,17H2;1H/t10-;/m1./s1. The number of alkyl halides is 4. The molecular formula is C12H14ClF4NO. The molecule has 1 aromatic carbocycles. The molecule has 19 heavy (non-hydrogen) atoms. The first-order valence-electron chi connectivity index (χ1n) is 5.61. The van der Waals surface area contributed by atoms with Gasteiger partial charge in [-0.15, -0.1) is 12.4 Å². The highest BCUT2D eigenvalue weighted by molar-refractivity contribution is 5.85. The van der Waals surface area contributed by atoms with Crippen molar-refractivity contribution in [2.24, 2.45) is 11.7 Å². The second-order valence-corrected chi connectivity index (χ2v) is 4.37. The average Bonchev–Trinajstić information content (AvgIpc) is 3.12. The summed E-state index contributed by atoms with van der Waals surface area (Å²) in [6.45, 7) is 0. The van der Waals surface area contributed by atoms with Gasteiger partial charge in [-0.05, 0) is 24.8 Å². The first-order valence-corrected chi connectivity index (χ1v) is 5.61. The van der Waals surface area contributed by atoms with Gasteiger partial charge in [0.2, 0.25) is 0 Å². The van der Waals surface area contributed by atoms with Crippen LogP contribution in [-0.4, -0.2) is 12.5 Å². The molecule has 1 aliphatic carbocycles. The van der Waals surface area contributed by atoms with Crippen LogP contribution in [0.5, 0.6) is 5.75 Å². The van der Waals surface area contributed by atoms with Crippen LogP contribution in [0.25, 0.3) is 0 Å². The Morgan fingerprint density at radius 3 is 2.32 bits per heavy atom. The molecular weight excluding hydrogens is 286 g/mol. The van der Waals surface area contributed by atoms with Crippen molar-refractivity contribution < 1.29 is 22.3 Å². The molecule has 1 saturated carbocycles. The predicted octanol–water partition coefficient (Wildman–Crippen LogP) is 3.75. The highest BCUT2D eigenvalue weighted by Gasteiger charge is 2.44. The van der Waals surface area contributed by atoms with Gasteiger partial charge in [-0.1, -0.05) is 18.2 Å². The van der Waals surface area contributed by atoms with Crippen molar-refractivity contribution in [2.75, 3.05) is 0 Å². The molecule has 2 N–H and O–H groups in total. The summed E-state index contributed by atoms with van der Waals surface area (Å²) in [5.41, 5.74) is 6.23. The Morgan fingerprint density at radius 2 is 1.79 bits per heavy atom. The topological polar surface area (TPSA) is 35.2 Å². The third-order valence-corrected chi connectivity index (χ3v) is 2.91. The number of halogens is 5. The maximum absolute atomic E-state index is 12.9. The van der Waals surface area contributed by atoms with Gasteiger partial charge in [-0.2, -0.15) is 17.6 Å². The number of ether oxygens (including phenoxy) is 1. The Hall–Kier alpha value is -1.01. The summed E-state index contributed by atoms with van der Waals surface area (Å²) in [6, 6.07) is 5.37. The fraction of sp³-hybridized carbons (Fsp3) is 0.500. The maximum atomic E-state index is 12.9. The van der Waals surface area contributed by atoms with E-state index < -0.39 is 18.6 Å². The number of rotatable bonds is 5. The summed E-state index contributed by atoms with van der Waals surface area (Å²) in [4.78, 5) is 0. The zero-order chi connectivity index (χ0) is 13.3. The Morgan fingerprint density at radius 1 is 1.21 bits per heavy atom. The molecule has 0 heterocycles. The molecule has 0 amide bonds. The minimum atomic E-state index is -4.50. The van der Waals surface area contributed by atoms with E-state index in [1.54, 1.807) is 6.07 Å². The minimum Gasteiger partial charge on any atom is -0.428 e. The lowest BCUT2D eigenvalue weighted by Gasteiger charge is -2.21. The zero-order valence-corrected chi connectivity index (χ0v) is 10.7. The summed E-state index contributed by atoms with van der Waals surface area (Å²) in [5, 5.41) is 0. The monoisotopic (exact) mass is 299 g/mol. The van der Waals surface area contributed by atoms with E-state index in [9.17, 15) is 17.6 Å². The predicted molar refractivity (Wildman–Crippen MR) is 64.9 cm³/mol. The molecule has 0 aliphatic heterocycles. The lowest BCUT2D eigenvalue weighted by Crippen LogP contribution is -2.34. The average molecular weight is 300 g/mol. The fourth-order valence-corrected chi connectivity index (χ4v) is 1.75. The van der Waals surface area contributed by atoms with Crippen molar-refractivity contribution in [1.29, 1.82) is 0 Å². The van der Waals surface area contributed by atoms with E-state index in [2.05, 4.69) is 4.74 Å². The number of hydrogen-bond donors (Lipinski definition) is 1. The molecule has 0 unspecified atom stereocenters. The van der Waals surface area contributed by atoms with Crippen LogP contribution < -0.4 is 10.5 Å². The largest absolute Gasteiger partial charge is 0.461 e. The van der Waals surface area contributed by atoms with E-state index in [0.717, 1.165) is 12.8 Å². The van der Waals surface area contributed by atoms with Crippen LogP contribution in [0.1, 0.15) is 24.4 Å². The Bertz CT molecular complexity index is 426. The molecule has 1 fully saturated rings. The number of para-hydroxylation sites is 1. The van der Waals surface area contributed by atoms with Gasteiger partial charge < -0.3 is 10.5 Å². The summed E-state index contributed by atoms with van der Waals surface area (Å²) < 4.78 is 54.1. The van der Waals surface area contributed by atoms with E-state index >= 15 is 0 Å². The van der Waals surface area contributed by atoms with Gasteiger partial charge in [0.15, 0.2) is 0 Å².